The molecule has 0 saturated heterocycles. The molecule has 0 heterocycles. The molecule has 1 aromatic carbocycles. The topological polar surface area (TPSA) is 135 Å². The number of esters is 4. The Morgan fingerprint density at radius 1 is 0.311 bits per heavy atom. The van der Waals surface area contributed by atoms with Gasteiger partial charge in [0.15, 0.2) is 12.2 Å². The maximum atomic E-state index is 12.8. The molecule has 590 valence electrons. The Hall–Kier alpha value is -2.98. The molecule has 8 saturated carbocycles. The molecule has 16 unspecified atom stereocenters. The lowest BCUT2D eigenvalue weighted by molar-refractivity contribution is -0.163. The fourth-order valence-electron chi connectivity index (χ4n) is 18.8. The second-order valence-electron chi connectivity index (χ2n) is 36.0. The highest BCUT2D eigenvalue weighted by Crippen LogP contribution is 2.58. The average Bonchev–Trinajstić information content (AvgIpc) is 1.67. The second-order valence-corrected chi connectivity index (χ2v) is 36.0. The minimum absolute atomic E-state index is 0.0492. The fraction of sp³-hybridized carbons (Fsp3) is 0.892. The highest BCUT2D eigenvalue weighted by Gasteiger charge is 2.48. The SMILES string of the molecule is CCCCCC1CC1CC1CC1CCCCCCCC(=O)OC[C@H](CO)OC(=O)CCCCCCCC1CC1CC1CC1CCCCC.CCCCCC1CC1CC1CC1CCCCCCCC(=O)OC[C@H](COCc1ccccc1)OC(=O)CCCCCCCC1CC1CC1CC1CCCCC. The van der Waals surface area contributed by atoms with Crippen LogP contribution >= 0.6 is 0 Å². The smallest absolute Gasteiger partial charge is 0.306 e. The van der Waals surface area contributed by atoms with E-state index < -0.39 is 12.2 Å². The van der Waals surface area contributed by atoms with Crippen LogP contribution in [0, 0.1) is 94.7 Å². The summed E-state index contributed by atoms with van der Waals surface area (Å²) in [6.07, 6.45) is 69.5. The van der Waals surface area contributed by atoms with E-state index in [1.807, 2.05) is 30.3 Å². The Balaban J connectivity index is 0.000000264. The summed E-state index contributed by atoms with van der Waals surface area (Å²) >= 11 is 0. The maximum absolute atomic E-state index is 12.8. The van der Waals surface area contributed by atoms with E-state index >= 15 is 0 Å². The second kappa shape index (κ2) is 50.7. The van der Waals surface area contributed by atoms with Gasteiger partial charge in [0, 0.05) is 25.7 Å². The van der Waals surface area contributed by atoms with Gasteiger partial charge in [0.05, 0.1) is 19.8 Å². The number of aliphatic hydroxyl groups excluding tert-OH is 1. The molecule has 0 amide bonds. The quantitative estimate of drug-likeness (QED) is 0.0382. The molecule has 0 radical (unpaired) electrons. The summed E-state index contributed by atoms with van der Waals surface area (Å²) in [5.74, 6) is 15.7. The molecule has 9 rings (SSSR count). The molecule has 1 aromatic rings. The van der Waals surface area contributed by atoms with Gasteiger partial charge in [-0.15, -0.1) is 0 Å². The monoisotopic (exact) mass is 1440 g/mol. The number of carbonyl (C=O) groups is 4. The third kappa shape index (κ3) is 38.8. The van der Waals surface area contributed by atoms with Crippen LogP contribution in [0.25, 0.3) is 0 Å². The minimum atomic E-state index is -0.756. The molecule has 1 N–H and O–H groups in total. The standard InChI is InChI=1S/C50H82O5.C43H76O5/c1-3-5-14-24-40-30-44(40)34-46-32-42(46)26-18-9-7-11-20-28-49(51)54-38-48(37-53-36-39-22-16-13-17-23-39)55-50(52)29-21-12-8-10-19-27-43-33-47(43)35-45-31-41(45)25-15-6-4-2;1-3-5-13-19-33-25-37(33)29-39-27-35(39)21-15-9-7-11-17-23-42(45)47-32-41(31-44)48-43(46)24-18-12-8-10-16-22-36-28-40(36)30-38-26-34(38)20-14-6-4-2/h13,16-17,22-23,40-48H,3-12,14-15,18-21,24-38H2,1-2H3;33-41,44H,3-32H2,1-2H3/t40?,41?,42?,43?,44?,45?,46?,47?,48-;33?,34?,35?,36?,37?,38?,39?,40?,41-/m00/s1. The van der Waals surface area contributed by atoms with E-state index in [1.54, 1.807) is 0 Å². The summed E-state index contributed by atoms with van der Waals surface area (Å²) < 4.78 is 28.0. The van der Waals surface area contributed by atoms with Crippen LogP contribution in [0.5, 0.6) is 0 Å². The number of hydrogen-bond donors (Lipinski definition) is 1. The van der Waals surface area contributed by atoms with Crippen LogP contribution in [-0.2, 0) is 49.5 Å². The van der Waals surface area contributed by atoms with Crippen molar-refractivity contribution in [3.05, 3.63) is 35.9 Å². The van der Waals surface area contributed by atoms with Gasteiger partial charge in [0.1, 0.15) is 13.2 Å². The number of aliphatic hydroxyl groups is 1. The van der Waals surface area contributed by atoms with Crippen LogP contribution in [-0.4, -0.2) is 67.6 Å². The van der Waals surface area contributed by atoms with Gasteiger partial charge in [-0.25, -0.2) is 0 Å². The molecule has 10 heteroatoms. The van der Waals surface area contributed by atoms with Crippen LogP contribution in [0.2, 0.25) is 0 Å². The van der Waals surface area contributed by atoms with Gasteiger partial charge in [-0.05, 0) is 203 Å². The first kappa shape index (κ1) is 85.6. The van der Waals surface area contributed by atoms with Crippen molar-refractivity contribution in [3.63, 3.8) is 0 Å². The van der Waals surface area contributed by atoms with E-state index in [9.17, 15) is 24.3 Å². The van der Waals surface area contributed by atoms with Crippen molar-refractivity contribution in [3.8, 4) is 0 Å². The summed E-state index contributed by atoms with van der Waals surface area (Å²) in [6.45, 7) is 9.56. The molecule has 10 nitrogen and oxygen atoms in total. The predicted octanol–water partition coefficient (Wildman–Crippen LogP) is 25.0. The Morgan fingerprint density at radius 2 is 0.563 bits per heavy atom. The molecule has 0 aliphatic heterocycles. The number of benzene rings is 1. The van der Waals surface area contributed by atoms with E-state index in [0.29, 0.717) is 32.3 Å². The van der Waals surface area contributed by atoms with E-state index in [0.717, 1.165) is 152 Å². The normalized spacial score (nSPS) is 27.8. The largest absolute Gasteiger partial charge is 0.462 e. The Bertz CT molecular complexity index is 2390. The zero-order valence-electron chi connectivity index (χ0n) is 67.0. The average molecular weight is 1440 g/mol. The van der Waals surface area contributed by atoms with Crippen molar-refractivity contribution in [2.24, 2.45) is 94.7 Å². The van der Waals surface area contributed by atoms with Crippen molar-refractivity contribution in [1.82, 2.24) is 0 Å². The summed E-state index contributed by atoms with van der Waals surface area (Å²) in [7, 11) is 0. The van der Waals surface area contributed by atoms with Gasteiger partial charge in [-0.1, -0.05) is 289 Å². The van der Waals surface area contributed by atoms with Gasteiger partial charge >= 0.3 is 23.9 Å². The number of ether oxygens (including phenoxy) is 5. The molecule has 8 aliphatic rings. The minimum Gasteiger partial charge on any atom is -0.462 e. The van der Waals surface area contributed by atoms with Crippen LogP contribution < -0.4 is 0 Å². The predicted molar refractivity (Wildman–Crippen MR) is 422 cm³/mol. The Labute approximate surface area is 631 Å². The van der Waals surface area contributed by atoms with Crippen LogP contribution in [0.15, 0.2) is 30.3 Å². The number of carbonyl (C=O) groups excluding carboxylic acids is 4. The van der Waals surface area contributed by atoms with Crippen molar-refractivity contribution in [1.29, 1.82) is 0 Å². The molecule has 0 spiro atoms. The molecule has 8 fully saturated rings. The zero-order chi connectivity index (χ0) is 72.5. The molecular weight excluding hydrogens is 1280 g/mol. The maximum Gasteiger partial charge on any atom is 0.306 e. The van der Waals surface area contributed by atoms with E-state index in [-0.39, 0.29) is 50.3 Å². The van der Waals surface area contributed by atoms with Crippen molar-refractivity contribution in [2.75, 3.05) is 26.4 Å². The summed E-state index contributed by atoms with van der Waals surface area (Å²) in [5, 5.41) is 9.62. The number of hydrogen-bond acceptors (Lipinski definition) is 10. The van der Waals surface area contributed by atoms with E-state index in [4.69, 9.17) is 23.7 Å². The fourth-order valence-corrected chi connectivity index (χ4v) is 18.8. The lowest BCUT2D eigenvalue weighted by Crippen LogP contribution is -2.29. The van der Waals surface area contributed by atoms with Gasteiger partial charge in [-0.3, -0.25) is 19.2 Å². The molecule has 18 atom stereocenters. The van der Waals surface area contributed by atoms with Gasteiger partial charge in [0.2, 0.25) is 0 Å². The summed E-state index contributed by atoms with van der Waals surface area (Å²) in [4.78, 5) is 49.8. The third-order valence-electron chi connectivity index (χ3n) is 26.6. The Morgan fingerprint density at radius 3 is 0.854 bits per heavy atom. The lowest BCUT2D eigenvalue weighted by Gasteiger charge is -2.18. The Kier molecular flexibility index (Phi) is 42.1. The first-order valence-electron chi connectivity index (χ1n) is 45.4. The first-order chi connectivity index (χ1) is 50.5. The molecule has 103 heavy (non-hydrogen) atoms. The number of rotatable bonds is 67. The summed E-state index contributed by atoms with van der Waals surface area (Å²) in [5.41, 5.74) is 1.07. The lowest BCUT2D eigenvalue weighted by atomic mass is 10.0. The van der Waals surface area contributed by atoms with E-state index in [2.05, 4.69) is 27.7 Å². The number of unbranched alkanes of at least 4 members (excludes halogenated alkanes) is 24. The van der Waals surface area contributed by atoms with Gasteiger partial charge < -0.3 is 28.8 Å². The van der Waals surface area contributed by atoms with Gasteiger partial charge in [0.25, 0.3) is 0 Å². The van der Waals surface area contributed by atoms with Gasteiger partial charge in [-0.2, -0.15) is 0 Å². The van der Waals surface area contributed by atoms with Crippen molar-refractivity contribution < 1.29 is 48.0 Å². The van der Waals surface area contributed by atoms with Crippen LogP contribution in [0.1, 0.15) is 393 Å². The zero-order valence-corrected chi connectivity index (χ0v) is 67.0. The molecular formula is C93H158O10. The van der Waals surface area contributed by atoms with Crippen LogP contribution in [0.4, 0.5) is 0 Å². The summed E-state index contributed by atoms with van der Waals surface area (Å²) in [6, 6.07) is 10.00. The van der Waals surface area contributed by atoms with Crippen molar-refractivity contribution >= 4 is 23.9 Å². The molecule has 0 bridgehead atoms. The molecule has 8 aliphatic carbocycles. The molecule has 0 aromatic heterocycles. The first-order valence-corrected chi connectivity index (χ1v) is 45.4. The van der Waals surface area contributed by atoms with E-state index in [1.165, 1.54) is 283 Å². The third-order valence-corrected chi connectivity index (χ3v) is 26.6. The van der Waals surface area contributed by atoms with Crippen LogP contribution in [0.3, 0.4) is 0 Å². The highest BCUT2D eigenvalue weighted by molar-refractivity contribution is 5.71. The van der Waals surface area contributed by atoms with Crippen molar-refractivity contribution in [2.45, 2.75) is 406 Å². The highest BCUT2D eigenvalue weighted by atomic mass is 16.6.